The Labute approximate surface area is 134 Å². The minimum atomic E-state index is -0.208. The smallest absolute Gasteiger partial charge is 0.257 e. The van der Waals surface area contributed by atoms with Crippen molar-refractivity contribution in [2.45, 2.75) is 24.5 Å². The van der Waals surface area contributed by atoms with E-state index in [-0.39, 0.29) is 16.4 Å². The third-order valence-electron chi connectivity index (χ3n) is 4.08. The third-order valence-corrected chi connectivity index (χ3v) is 6.01. The normalized spacial score (nSPS) is 17.5. The van der Waals surface area contributed by atoms with Gasteiger partial charge in [0.25, 0.3) is 5.91 Å². The predicted molar refractivity (Wildman–Crippen MR) is 91.0 cm³/mol. The molecule has 0 aliphatic carbocycles. The number of benzene rings is 1. The minimum absolute atomic E-state index is 0.0293. The summed E-state index contributed by atoms with van der Waals surface area (Å²) in [6.07, 6.45) is 3.51. The van der Waals surface area contributed by atoms with E-state index in [9.17, 15) is 9.90 Å². The number of thioether (sulfide) groups is 1. The molecule has 1 aliphatic rings. The molecule has 0 saturated carbocycles. The fourth-order valence-electron chi connectivity index (χ4n) is 2.61. The number of carbonyl (C=O) groups is 1. The van der Waals surface area contributed by atoms with Gasteiger partial charge in [-0.25, -0.2) is 0 Å². The van der Waals surface area contributed by atoms with Crippen LogP contribution in [-0.2, 0) is 0 Å². The van der Waals surface area contributed by atoms with Crippen molar-refractivity contribution in [1.82, 2.24) is 4.90 Å². The molecule has 1 fully saturated rings. The van der Waals surface area contributed by atoms with Gasteiger partial charge in [0.1, 0.15) is 5.75 Å². The van der Waals surface area contributed by atoms with E-state index < -0.39 is 0 Å². The number of carbonyl (C=O) groups excluding carboxylic acids is 1. The molecule has 3 N–H and O–H groups in total. The molecule has 1 saturated heterocycles. The van der Waals surface area contributed by atoms with Crippen molar-refractivity contribution in [2.24, 2.45) is 5.73 Å². The highest BCUT2D eigenvalue weighted by Crippen LogP contribution is 2.35. The summed E-state index contributed by atoms with van der Waals surface area (Å²) in [4.78, 5) is 14.8. The fraction of sp³-hybridized carbons (Fsp3) is 0.467. The molecule has 0 unspecified atom stereocenters. The summed E-state index contributed by atoms with van der Waals surface area (Å²) in [5.74, 6) is -0.101. The average Bonchev–Trinajstić information content (AvgIpc) is 2.49. The fourth-order valence-corrected chi connectivity index (χ4v) is 3.86. The van der Waals surface area contributed by atoms with Crippen LogP contribution in [0.15, 0.2) is 18.2 Å². The number of likely N-dealkylation sites (tertiary alicyclic amines) is 1. The molecular weight excluding hydrogens is 304 g/mol. The van der Waals surface area contributed by atoms with Crippen molar-refractivity contribution >= 4 is 34.9 Å². The molecule has 0 spiro atoms. The second-order valence-electron chi connectivity index (χ2n) is 5.38. The lowest BCUT2D eigenvalue weighted by atomic mass is 9.95. The molecular formula is C15H20N2O2S2. The van der Waals surface area contributed by atoms with E-state index in [1.54, 1.807) is 34.9 Å². The summed E-state index contributed by atoms with van der Waals surface area (Å²) in [7, 11) is 0. The van der Waals surface area contributed by atoms with Gasteiger partial charge in [-0.2, -0.15) is 11.8 Å². The predicted octanol–water partition coefficient (Wildman–Crippen LogP) is 2.32. The molecule has 0 radical (unpaired) electrons. The Balaban J connectivity index is 2.13. The SMILES string of the molecule is CSC1(C(N)=S)CCN(C(=O)c2cc(C)ccc2O)CC1. The molecule has 0 bridgehead atoms. The molecule has 1 amide bonds. The number of aromatic hydroxyl groups is 1. The Morgan fingerprint density at radius 2 is 2.05 bits per heavy atom. The van der Waals surface area contributed by atoms with Crippen LogP contribution in [-0.4, -0.2) is 45.0 Å². The first-order valence-electron chi connectivity index (χ1n) is 6.83. The van der Waals surface area contributed by atoms with Gasteiger partial charge in [-0.1, -0.05) is 23.8 Å². The number of phenols is 1. The number of nitrogens with two attached hydrogens (primary N) is 1. The first kappa shape index (κ1) is 16.1. The Morgan fingerprint density at radius 1 is 1.43 bits per heavy atom. The number of phenolic OH excluding ortho intramolecular Hbond substituents is 1. The highest BCUT2D eigenvalue weighted by molar-refractivity contribution is 8.02. The van der Waals surface area contributed by atoms with Crippen LogP contribution in [0.3, 0.4) is 0 Å². The van der Waals surface area contributed by atoms with Crippen LogP contribution >= 0.6 is 24.0 Å². The number of hydrogen-bond donors (Lipinski definition) is 2. The standard InChI is InChI=1S/C15H20N2O2S2/c1-10-3-4-12(18)11(9-10)13(19)17-7-5-15(21-2,6-8-17)14(16)20/h3-4,9,18H,5-8H2,1-2H3,(H2,16,20). The molecule has 1 heterocycles. The van der Waals surface area contributed by atoms with E-state index in [1.807, 2.05) is 13.2 Å². The lowest BCUT2D eigenvalue weighted by molar-refractivity contribution is 0.0715. The summed E-state index contributed by atoms with van der Waals surface area (Å²) in [5.41, 5.74) is 7.17. The molecule has 0 atom stereocenters. The van der Waals surface area contributed by atoms with Crippen LogP contribution in [0, 0.1) is 6.92 Å². The first-order valence-corrected chi connectivity index (χ1v) is 8.47. The highest BCUT2D eigenvalue weighted by Gasteiger charge is 2.38. The number of piperidine rings is 1. The van der Waals surface area contributed by atoms with Crippen LogP contribution in [0.5, 0.6) is 5.75 Å². The third kappa shape index (κ3) is 3.16. The quantitative estimate of drug-likeness (QED) is 0.835. The van der Waals surface area contributed by atoms with Crippen molar-refractivity contribution in [2.75, 3.05) is 19.3 Å². The van der Waals surface area contributed by atoms with Gasteiger partial charge in [-0.15, -0.1) is 0 Å². The first-order chi connectivity index (χ1) is 9.89. The number of hydrogen-bond acceptors (Lipinski definition) is 4. The van der Waals surface area contributed by atoms with Crippen molar-refractivity contribution in [3.63, 3.8) is 0 Å². The van der Waals surface area contributed by atoms with Gasteiger partial charge >= 0.3 is 0 Å². The number of nitrogens with zero attached hydrogens (tertiary/aromatic N) is 1. The van der Waals surface area contributed by atoms with Crippen molar-refractivity contribution in [3.8, 4) is 5.75 Å². The maximum absolute atomic E-state index is 12.5. The summed E-state index contributed by atoms with van der Waals surface area (Å²) in [6.45, 7) is 3.10. The van der Waals surface area contributed by atoms with E-state index in [0.29, 0.717) is 23.6 Å². The van der Waals surface area contributed by atoms with Crippen LogP contribution in [0.2, 0.25) is 0 Å². The number of aryl methyl sites for hydroxylation is 1. The van der Waals surface area contributed by atoms with Crippen LogP contribution in [0.4, 0.5) is 0 Å². The van der Waals surface area contributed by atoms with E-state index in [0.717, 1.165) is 18.4 Å². The van der Waals surface area contributed by atoms with Crippen molar-refractivity contribution in [3.05, 3.63) is 29.3 Å². The molecule has 2 rings (SSSR count). The second-order valence-corrected chi connectivity index (χ2v) is 7.01. The maximum Gasteiger partial charge on any atom is 0.257 e. The van der Waals surface area contributed by atoms with Gasteiger partial charge in [0.15, 0.2) is 0 Å². The Morgan fingerprint density at radius 3 is 2.57 bits per heavy atom. The van der Waals surface area contributed by atoms with Crippen molar-refractivity contribution < 1.29 is 9.90 Å². The van der Waals surface area contributed by atoms with Gasteiger partial charge in [0.05, 0.1) is 15.3 Å². The maximum atomic E-state index is 12.5. The molecule has 1 aromatic rings. The number of rotatable bonds is 3. The monoisotopic (exact) mass is 324 g/mol. The zero-order chi connectivity index (χ0) is 15.6. The van der Waals surface area contributed by atoms with Gasteiger partial charge in [0, 0.05) is 13.1 Å². The second kappa shape index (κ2) is 6.23. The molecule has 6 heteroatoms. The molecule has 21 heavy (non-hydrogen) atoms. The average molecular weight is 324 g/mol. The van der Waals surface area contributed by atoms with E-state index >= 15 is 0 Å². The Bertz CT molecular complexity index is 567. The van der Waals surface area contributed by atoms with Crippen LogP contribution < -0.4 is 5.73 Å². The highest BCUT2D eigenvalue weighted by atomic mass is 32.2. The lowest BCUT2D eigenvalue weighted by Crippen LogP contribution is -2.50. The van der Waals surface area contributed by atoms with E-state index in [4.69, 9.17) is 18.0 Å². The lowest BCUT2D eigenvalue weighted by Gasteiger charge is -2.40. The van der Waals surface area contributed by atoms with Crippen molar-refractivity contribution in [1.29, 1.82) is 0 Å². The Kier molecular flexibility index (Phi) is 4.78. The molecule has 4 nitrogen and oxygen atoms in total. The number of amides is 1. The van der Waals surface area contributed by atoms with Gasteiger partial charge in [-0.05, 0) is 38.2 Å². The molecule has 0 aromatic heterocycles. The van der Waals surface area contributed by atoms with Crippen LogP contribution in [0.25, 0.3) is 0 Å². The van der Waals surface area contributed by atoms with Gasteiger partial charge in [0.2, 0.25) is 0 Å². The topological polar surface area (TPSA) is 66.6 Å². The molecule has 1 aromatic carbocycles. The zero-order valence-electron chi connectivity index (χ0n) is 12.3. The summed E-state index contributed by atoms with van der Waals surface area (Å²) in [6, 6.07) is 5.07. The minimum Gasteiger partial charge on any atom is -0.507 e. The summed E-state index contributed by atoms with van der Waals surface area (Å²) in [5, 5.41) is 9.88. The van der Waals surface area contributed by atoms with Gasteiger partial charge in [-0.3, -0.25) is 4.79 Å². The summed E-state index contributed by atoms with van der Waals surface area (Å²) >= 11 is 6.84. The van der Waals surface area contributed by atoms with Crippen LogP contribution in [0.1, 0.15) is 28.8 Å². The van der Waals surface area contributed by atoms with E-state index in [1.165, 1.54) is 0 Å². The van der Waals surface area contributed by atoms with Gasteiger partial charge < -0.3 is 15.7 Å². The zero-order valence-corrected chi connectivity index (χ0v) is 13.9. The van der Waals surface area contributed by atoms with E-state index in [2.05, 4.69) is 0 Å². The number of thiocarbonyl (C=S) groups is 1. The molecule has 114 valence electrons. The molecule has 1 aliphatic heterocycles. The summed E-state index contributed by atoms with van der Waals surface area (Å²) < 4.78 is -0.208. The largest absolute Gasteiger partial charge is 0.507 e. The Hall–Kier alpha value is -1.27.